The normalized spacial score (nSPS) is 11.7. The summed E-state index contributed by atoms with van der Waals surface area (Å²) in [6, 6.07) is -1.48. The Labute approximate surface area is 107 Å². The number of amides is 2. The molecule has 104 valence electrons. The highest BCUT2D eigenvalue weighted by molar-refractivity contribution is 5.82. The van der Waals surface area contributed by atoms with Gasteiger partial charge >= 0.3 is 12.0 Å². The predicted octanol–water partition coefficient (Wildman–Crippen LogP) is 0.820. The number of unbranched alkanes of at least 4 members (excludes halogenated alkanes) is 2. The second-order valence-electron chi connectivity index (χ2n) is 4.06. The third kappa shape index (κ3) is 6.90. The van der Waals surface area contributed by atoms with Gasteiger partial charge in [0.05, 0.1) is 0 Å². The van der Waals surface area contributed by atoms with E-state index in [0.29, 0.717) is 6.54 Å². The summed E-state index contributed by atoms with van der Waals surface area (Å²) < 4.78 is 0. The van der Waals surface area contributed by atoms with E-state index >= 15 is 0 Å². The number of aliphatic carboxylic acids is 1. The Morgan fingerprint density at radius 1 is 1.44 bits per heavy atom. The van der Waals surface area contributed by atoms with Gasteiger partial charge < -0.3 is 20.4 Å². The van der Waals surface area contributed by atoms with E-state index in [-0.39, 0.29) is 13.0 Å². The van der Waals surface area contributed by atoms with E-state index in [4.69, 9.17) is 10.2 Å². The van der Waals surface area contributed by atoms with Crippen molar-refractivity contribution in [1.29, 1.82) is 0 Å². The van der Waals surface area contributed by atoms with E-state index in [2.05, 4.69) is 11.9 Å². The van der Waals surface area contributed by atoms with Gasteiger partial charge in [-0.15, -0.1) is 6.58 Å². The number of nitrogens with one attached hydrogen (secondary N) is 1. The maximum absolute atomic E-state index is 11.6. The SMILES string of the molecule is C=CCCCCN(C)C(=O)N[C@@H](CCO)C(=O)O. The third-order valence-electron chi connectivity index (χ3n) is 2.51. The fraction of sp³-hybridized carbons (Fsp3) is 0.667. The van der Waals surface area contributed by atoms with E-state index in [1.54, 1.807) is 7.05 Å². The summed E-state index contributed by atoms with van der Waals surface area (Å²) in [5, 5.41) is 19.9. The first-order valence-electron chi connectivity index (χ1n) is 5.99. The third-order valence-corrected chi connectivity index (χ3v) is 2.51. The Morgan fingerprint density at radius 3 is 2.61 bits per heavy atom. The van der Waals surface area contributed by atoms with Crippen molar-refractivity contribution >= 4 is 12.0 Å². The molecule has 0 aliphatic heterocycles. The van der Waals surface area contributed by atoms with Crippen LogP contribution < -0.4 is 5.32 Å². The summed E-state index contributed by atoms with van der Waals surface area (Å²) in [6.07, 6.45) is 4.51. The molecule has 2 amide bonds. The van der Waals surface area contributed by atoms with Crippen LogP contribution in [0, 0.1) is 0 Å². The average molecular weight is 258 g/mol. The molecule has 0 saturated heterocycles. The summed E-state index contributed by atoms with van der Waals surface area (Å²) in [5.41, 5.74) is 0. The van der Waals surface area contributed by atoms with Crippen molar-refractivity contribution in [3.63, 3.8) is 0 Å². The van der Waals surface area contributed by atoms with Crippen LogP contribution in [0.3, 0.4) is 0 Å². The van der Waals surface area contributed by atoms with Crippen LogP contribution in [-0.4, -0.2) is 53.4 Å². The fourth-order valence-corrected chi connectivity index (χ4v) is 1.38. The second-order valence-corrected chi connectivity index (χ2v) is 4.06. The number of hydrogen-bond acceptors (Lipinski definition) is 3. The Balaban J connectivity index is 4.03. The number of urea groups is 1. The molecule has 0 aliphatic carbocycles. The first-order valence-corrected chi connectivity index (χ1v) is 5.99. The van der Waals surface area contributed by atoms with Gasteiger partial charge in [-0.3, -0.25) is 0 Å². The van der Waals surface area contributed by atoms with Crippen molar-refractivity contribution in [2.45, 2.75) is 31.7 Å². The summed E-state index contributed by atoms with van der Waals surface area (Å²) in [4.78, 5) is 23.9. The summed E-state index contributed by atoms with van der Waals surface area (Å²) in [5.74, 6) is -1.14. The zero-order chi connectivity index (χ0) is 14.0. The molecule has 18 heavy (non-hydrogen) atoms. The standard InChI is InChI=1S/C12H22N2O4/c1-3-4-5-6-8-14(2)12(18)13-10(7-9-15)11(16)17/h3,10,15H,1,4-9H2,2H3,(H,13,18)(H,16,17)/t10-/m0/s1. The molecular formula is C12H22N2O4. The number of carboxylic acid groups (broad SMARTS) is 1. The molecule has 6 nitrogen and oxygen atoms in total. The monoisotopic (exact) mass is 258 g/mol. The highest BCUT2D eigenvalue weighted by atomic mass is 16.4. The van der Waals surface area contributed by atoms with E-state index in [1.165, 1.54) is 4.90 Å². The van der Waals surface area contributed by atoms with Gasteiger partial charge in [0.2, 0.25) is 0 Å². The number of allylic oxidation sites excluding steroid dienone is 1. The van der Waals surface area contributed by atoms with Gasteiger partial charge in [-0.05, 0) is 19.3 Å². The molecule has 6 heteroatoms. The number of aliphatic hydroxyl groups excluding tert-OH is 1. The van der Waals surface area contributed by atoms with Crippen molar-refractivity contribution in [3.05, 3.63) is 12.7 Å². The Kier molecular flexibility index (Phi) is 8.65. The van der Waals surface area contributed by atoms with Gasteiger partial charge in [0, 0.05) is 26.6 Å². The van der Waals surface area contributed by atoms with E-state index in [9.17, 15) is 9.59 Å². The lowest BCUT2D eigenvalue weighted by atomic mass is 10.2. The van der Waals surface area contributed by atoms with E-state index in [1.807, 2.05) is 6.08 Å². The Hall–Kier alpha value is -1.56. The van der Waals surface area contributed by atoms with Gasteiger partial charge in [-0.25, -0.2) is 9.59 Å². The number of carboxylic acids is 1. The number of carbonyl (C=O) groups excluding carboxylic acids is 1. The number of carbonyl (C=O) groups is 2. The Morgan fingerprint density at radius 2 is 2.11 bits per heavy atom. The lowest BCUT2D eigenvalue weighted by Gasteiger charge is -2.20. The van der Waals surface area contributed by atoms with Crippen LogP contribution in [0.25, 0.3) is 0 Å². The Bertz CT molecular complexity index is 281. The van der Waals surface area contributed by atoms with E-state index < -0.39 is 18.0 Å². The van der Waals surface area contributed by atoms with E-state index in [0.717, 1.165) is 19.3 Å². The smallest absolute Gasteiger partial charge is 0.326 e. The topological polar surface area (TPSA) is 89.9 Å². The molecule has 0 rings (SSSR count). The molecular weight excluding hydrogens is 236 g/mol. The molecule has 0 aliphatic rings. The minimum Gasteiger partial charge on any atom is -0.480 e. The predicted molar refractivity (Wildman–Crippen MR) is 68.3 cm³/mol. The number of nitrogens with zero attached hydrogens (tertiary/aromatic N) is 1. The average Bonchev–Trinajstić information content (AvgIpc) is 2.33. The van der Waals surface area contributed by atoms with Gasteiger partial charge in [0.1, 0.15) is 6.04 Å². The molecule has 0 bridgehead atoms. The van der Waals surface area contributed by atoms with Gasteiger partial charge in [-0.2, -0.15) is 0 Å². The molecule has 0 saturated carbocycles. The number of hydrogen-bond donors (Lipinski definition) is 3. The maximum atomic E-state index is 11.6. The van der Waals surface area contributed by atoms with Crippen LogP contribution in [0.1, 0.15) is 25.7 Å². The van der Waals surface area contributed by atoms with Crippen LogP contribution in [0.2, 0.25) is 0 Å². The van der Waals surface area contributed by atoms with Crippen LogP contribution in [0.4, 0.5) is 4.79 Å². The lowest BCUT2D eigenvalue weighted by molar-refractivity contribution is -0.139. The van der Waals surface area contributed by atoms with Crippen molar-refractivity contribution in [2.24, 2.45) is 0 Å². The summed E-state index contributed by atoms with van der Waals surface area (Å²) >= 11 is 0. The lowest BCUT2D eigenvalue weighted by Crippen LogP contribution is -2.47. The van der Waals surface area contributed by atoms with Gasteiger partial charge in [-0.1, -0.05) is 6.08 Å². The summed E-state index contributed by atoms with van der Waals surface area (Å²) in [7, 11) is 1.61. The highest BCUT2D eigenvalue weighted by Gasteiger charge is 2.20. The number of aliphatic hydroxyl groups is 1. The molecule has 0 radical (unpaired) electrons. The molecule has 0 aromatic carbocycles. The van der Waals surface area contributed by atoms with Gasteiger partial charge in [0.15, 0.2) is 0 Å². The van der Waals surface area contributed by atoms with Crippen LogP contribution >= 0.6 is 0 Å². The zero-order valence-corrected chi connectivity index (χ0v) is 10.8. The molecule has 0 aromatic heterocycles. The zero-order valence-electron chi connectivity index (χ0n) is 10.8. The molecule has 0 heterocycles. The van der Waals surface area contributed by atoms with Crippen molar-refractivity contribution < 1.29 is 19.8 Å². The molecule has 0 fully saturated rings. The molecule has 0 spiro atoms. The van der Waals surface area contributed by atoms with Crippen molar-refractivity contribution in [1.82, 2.24) is 10.2 Å². The quantitative estimate of drug-likeness (QED) is 0.422. The summed E-state index contributed by atoms with van der Waals surface area (Å²) in [6.45, 7) is 3.89. The minimum atomic E-state index is -1.14. The minimum absolute atomic E-state index is 0.00533. The first-order chi connectivity index (χ1) is 8.52. The van der Waals surface area contributed by atoms with Crippen LogP contribution in [0.15, 0.2) is 12.7 Å². The van der Waals surface area contributed by atoms with Crippen LogP contribution in [-0.2, 0) is 4.79 Å². The van der Waals surface area contributed by atoms with Crippen molar-refractivity contribution in [2.75, 3.05) is 20.2 Å². The second kappa shape index (κ2) is 9.47. The molecule has 3 N–H and O–H groups in total. The molecule has 0 unspecified atom stereocenters. The maximum Gasteiger partial charge on any atom is 0.326 e. The molecule has 1 atom stereocenters. The fourth-order valence-electron chi connectivity index (χ4n) is 1.38. The van der Waals surface area contributed by atoms with Crippen molar-refractivity contribution in [3.8, 4) is 0 Å². The highest BCUT2D eigenvalue weighted by Crippen LogP contribution is 1.99. The van der Waals surface area contributed by atoms with Crippen LogP contribution in [0.5, 0.6) is 0 Å². The largest absolute Gasteiger partial charge is 0.480 e. The molecule has 0 aromatic rings. The first kappa shape index (κ1) is 16.4. The number of rotatable bonds is 9. The van der Waals surface area contributed by atoms with Gasteiger partial charge in [0.25, 0.3) is 0 Å².